The number of carbonyl (C=O) groups excluding carboxylic acids is 3. The second-order valence-electron chi connectivity index (χ2n) is 17.2. The van der Waals surface area contributed by atoms with Crippen LogP contribution in [0.5, 0.6) is 0 Å². The highest BCUT2D eigenvalue weighted by Gasteiger charge is 2.19. The first-order valence-electron chi connectivity index (χ1n) is 26.8. The first-order chi connectivity index (χ1) is 33.0. The fourth-order valence-electron chi connectivity index (χ4n) is 6.85. The van der Waals surface area contributed by atoms with Crippen molar-refractivity contribution in [1.82, 2.24) is 0 Å². The van der Waals surface area contributed by atoms with Crippen molar-refractivity contribution in [3.05, 3.63) is 134 Å². The fraction of sp³-hybridized carbons (Fsp3) is 0.590. The lowest BCUT2D eigenvalue weighted by atomic mass is 10.1. The van der Waals surface area contributed by atoms with Gasteiger partial charge in [-0.25, -0.2) is 0 Å². The molecule has 67 heavy (non-hydrogen) atoms. The molecule has 0 saturated heterocycles. The molecule has 0 spiro atoms. The molecule has 0 saturated carbocycles. The van der Waals surface area contributed by atoms with Crippen molar-refractivity contribution < 1.29 is 28.6 Å². The van der Waals surface area contributed by atoms with Crippen LogP contribution >= 0.6 is 0 Å². The molecule has 1 atom stereocenters. The number of hydrogen-bond acceptors (Lipinski definition) is 6. The summed E-state index contributed by atoms with van der Waals surface area (Å²) in [5, 5.41) is 0. The van der Waals surface area contributed by atoms with Crippen LogP contribution in [0, 0.1) is 0 Å². The predicted octanol–water partition coefficient (Wildman–Crippen LogP) is 17.9. The zero-order chi connectivity index (χ0) is 48.6. The van der Waals surface area contributed by atoms with Gasteiger partial charge in [-0.3, -0.25) is 14.4 Å². The van der Waals surface area contributed by atoms with Gasteiger partial charge in [-0.1, -0.05) is 238 Å². The van der Waals surface area contributed by atoms with E-state index in [4.69, 9.17) is 14.2 Å². The Morgan fingerprint density at radius 1 is 0.328 bits per heavy atom. The largest absolute Gasteiger partial charge is 0.462 e. The average molecular weight is 925 g/mol. The van der Waals surface area contributed by atoms with E-state index in [9.17, 15) is 14.4 Å². The topological polar surface area (TPSA) is 78.9 Å². The van der Waals surface area contributed by atoms with Crippen LogP contribution in [0.1, 0.15) is 213 Å². The molecule has 0 aliphatic rings. The number of allylic oxidation sites excluding steroid dienone is 22. The van der Waals surface area contributed by atoms with E-state index in [0.717, 1.165) is 70.6 Å². The van der Waals surface area contributed by atoms with Crippen molar-refractivity contribution in [2.45, 2.75) is 219 Å². The van der Waals surface area contributed by atoms with Crippen LogP contribution in [0.15, 0.2) is 134 Å². The van der Waals surface area contributed by atoms with Crippen molar-refractivity contribution in [1.29, 1.82) is 0 Å². The third-order valence-electron chi connectivity index (χ3n) is 10.8. The SMILES string of the molecule is CC\C=C/C=C\C=C/C=C\C=C\C=C/C=C\CCCCCC(=O)OCC(COC(=O)CCC/C=C\C/C=C\C/C=C\CC)OC(=O)CCCCCCCCC/C=C\CCCCCCCCCC. The van der Waals surface area contributed by atoms with Crippen LogP contribution in [0.4, 0.5) is 0 Å². The minimum absolute atomic E-state index is 0.124. The number of esters is 3. The maximum Gasteiger partial charge on any atom is 0.306 e. The van der Waals surface area contributed by atoms with Gasteiger partial charge < -0.3 is 14.2 Å². The fourth-order valence-corrected chi connectivity index (χ4v) is 6.85. The molecule has 0 aromatic rings. The molecule has 0 aliphatic heterocycles. The van der Waals surface area contributed by atoms with Crippen molar-refractivity contribution in [3.63, 3.8) is 0 Å². The highest BCUT2D eigenvalue weighted by Crippen LogP contribution is 2.14. The highest BCUT2D eigenvalue weighted by molar-refractivity contribution is 5.71. The molecule has 0 aromatic heterocycles. The van der Waals surface area contributed by atoms with Gasteiger partial charge >= 0.3 is 17.9 Å². The monoisotopic (exact) mass is 925 g/mol. The summed E-state index contributed by atoms with van der Waals surface area (Å²) in [5.74, 6) is -1.03. The van der Waals surface area contributed by atoms with E-state index in [1.54, 1.807) is 0 Å². The minimum Gasteiger partial charge on any atom is -0.462 e. The summed E-state index contributed by atoms with van der Waals surface area (Å²) in [7, 11) is 0. The Labute approximate surface area is 411 Å². The third kappa shape index (κ3) is 52.4. The van der Waals surface area contributed by atoms with E-state index in [1.165, 1.54) is 89.9 Å². The van der Waals surface area contributed by atoms with E-state index in [-0.39, 0.29) is 37.5 Å². The Morgan fingerprint density at radius 3 is 1.18 bits per heavy atom. The Morgan fingerprint density at radius 2 is 0.672 bits per heavy atom. The van der Waals surface area contributed by atoms with Gasteiger partial charge in [0.25, 0.3) is 0 Å². The predicted molar refractivity (Wildman–Crippen MR) is 288 cm³/mol. The normalized spacial score (nSPS) is 13.2. The van der Waals surface area contributed by atoms with Crippen LogP contribution in [-0.2, 0) is 28.6 Å². The minimum atomic E-state index is -0.824. The van der Waals surface area contributed by atoms with Crippen LogP contribution in [0.25, 0.3) is 0 Å². The molecular weight excluding hydrogens is 829 g/mol. The second kappa shape index (κ2) is 54.2. The quantitative estimate of drug-likeness (QED) is 0.0199. The zero-order valence-corrected chi connectivity index (χ0v) is 42.9. The maximum absolute atomic E-state index is 12.8. The first kappa shape index (κ1) is 62.5. The zero-order valence-electron chi connectivity index (χ0n) is 42.9. The van der Waals surface area contributed by atoms with Gasteiger partial charge in [0.05, 0.1) is 0 Å². The Balaban J connectivity index is 4.52. The highest BCUT2D eigenvalue weighted by atomic mass is 16.6. The van der Waals surface area contributed by atoms with E-state index in [1.807, 2.05) is 72.9 Å². The summed E-state index contributed by atoms with van der Waals surface area (Å²) in [6.07, 6.45) is 75.9. The van der Waals surface area contributed by atoms with Crippen LogP contribution in [0.2, 0.25) is 0 Å². The van der Waals surface area contributed by atoms with E-state index < -0.39 is 6.10 Å². The standard InChI is InChI=1S/C61H96O6/c1-4-7-10-13-16-19-22-24-26-28-30-32-34-36-39-42-45-48-51-54-60(63)66-57-58(56-65-59(62)53-50-47-44-41-38-21-18-15-12-9-6-3)67-61(64)55-52-49-46-43-40-37-35-33-31-29-27-25-23-20-17-14-11-8-5-2/h7,9-10,12-13,16,18-19,21-22,24,26,28-32,34,36,39,41,44,58H,4-6,8,11,14-15,17,20,23,25,27,33,35,37-38,40,42-43,45-57H2,1-3H3/b10-7-,12-9-,16-13-,21-18-,22-19-,26-24-,30-28+,31-29-,34-32-,39-36-,44-41-. The van der Waals surface area contributed by atoms with Crippen LogP contribution in [0.3, 0.4) is 0 Å². The Hall–Kier alpha value is -4.45. The molecule has 376 valence electrons. The first-order valence-corrected chi connectivity index (χ1v) is 26.8. The summed E-state index contributed by atoms with van der Waals surface area (Å²) in [6.45, 7) is 6.27. The molecule has 0 heterocycles. The smallest absolute Gasteiger partial charge is 0.306 e. The van der Waals surface area contributed by atoms with Gasteiger partial charge in [0.2, 0.25) is 0 Å². The summed E-state index contributed by atoms with van der Waals surface area (Å²) in [6, 6.07) is 0. The number of ether oxygens (including phenoxy) is 3. The second-order valence-corrected chi connectivity index (χ2v) is 17.2. The van der Waals surface area contributed by atoms with Gasteiger partial charge in [-0.05, 0) is 89.9 Å². The van der Waals surface area contributed by atoms with E-state index in [2.05, 4.69) is 81.5 Å². The number of hydrogen-bond donors (Lipinski definition) is 0. The van der Waals surface area contributed by atoms with Gasteiger partial charge in [0, 0.05) is 19.3 Å². The molecule has 0 aromatic carbocycles. The molecule has 6 heteroatoms. The van der Waals surface area contributed by atoms with Crippen molar-refractivity contribution in [2.75, 3.05) is 13.2 Å². The Bertz CT molecular complexity index is 1480. The summed E-state index contributed by atoms with van der Waals surface area (Å²) >= 11 is 0. The molecule has 0 radical (unpaired) electrons. The molecule has 6 nitrogen and oxygen atoms in total. The van der Waals surface area contributed by atoms with Crippen LogP contribution in [-0.4, -0.2) is 37.2 Å². The van der Waals surface area contributed by atoms with Gasteiger partial charge in [-0.15, -0.1) is 0 Å². The average Bonchev–Trinajstić information content (AvgIpc) is 3.33. The number of unbranched alkanes of at least 4 members (excludes halogenated alkanes) is 19. The van der Waals surface area contributed by atoms with Gasteiger partial charge in [0.15, 0.2) is 6.10 Å². The Kier molecular flexibility index (Phi) is 50.6. The lowest BCUT2D eigenvalue weighted by Crippen LogP contribution is -2.30. The van der Waals surface area contributed by atoms with Crippen molar-refractivity contribution >= 4 is 17.9 Å². The van der Waals surface area contributed by atoms with Gasteiger partial charge in [0.1, 0.15) is 13.2 Å². The third-order valence-corrected chi connectivity index (χ3v) is 10.8. The van der Waals surface area contributed by atoms with Gasteiger partial charge in [-0.2, -0.15) is 0 Å². The molecule has 0 rings (SSSR count). The summed E-state index contributed by atoms with van der Waals surface area (Å²) in [4.78, 5) is 38.0. The summed E-state index contributed by atoms with van der Waals surface area (Å²) in [5.41, 5.74) is 0. The van der Waals surface area contributed by atoms with E-state index >= 15 is 0 Å². The van der Waals surface area contributed by atoms with Crippen molar-refractivity contribution in [3.8, 4) is 0 Å². The molecule has 0 N–H and O–H groups in total. The molecule has 0 fully saturated rings. The molecule has 0 amide bonds. The number of rotatable bonds is 46. The maximum atomic E-state index is 12.8. The molecule has 0 aliphatic carbocycles. The van der Waals surface area contributed by atoms with E-state index in [0.29, 0.717) is 25.7 Å². The lowest BCUT2D eigenvalue weighted by molar-refractivity contribution is -0.167. The van der Waals surface area contributed by atoms with Crippen LogP contribution < -0.4 is 0 Å². The molecule has 0 bridgehead atoms. The van der Waals surface area contributed by atoms with Crippen molar-refractivity contribution in [2.24, 2.45) is 0 Å². The molecular formula is C61H96O6. The number of carbonyl (C=O) groups is 3. The molecule has 1 unspecified atom stereocenters. The summed E-state index contributed by atoms with van der Waals surface area (Å²) < 4.78 is 16.7. The lowest BCUT2D eigenvalue weighted by Gasteiger charge is -2.18.